The second kappa shape index (κ2) is 16.9. The summed E-state index contributed by atoms with van der Waals surface area (Å²) in [6, 6.07) is 26.8. The normalized spacial score (nSPS) is 18.3. The number of carbonyl (C=O) groups is 3. The molecule has 0 fully saturated rings. The molecule has 0 spiro atoms. The van der Waals surface area contributed by atoms with E-state index in [1.807, 2.05) is 97.1 Å². The zero-order valence-electron chi connectivity index (χ0n) is 24.3. The van der Waals surface area contributed by atoms with Crippen LogP contribution in [0, 0.1) is 11.8 Å². The van der Waals surface area contributed by atoms with Crippen LogP contribution in [0.1, 0.15) is 36.0 Å². The standard InChI is InChI=1S/C35H40N2O6/c38-24-31(22-27-15-17-32(18-16-27)43-25-28-11-5-2-6-12-28)37-33(39)23-29-13-7-8-14-30(21-26-9-3-1-4-10-26)35(41)42-20-19-36-34(29)40/h1-12,15-18,29-31,38H,13-14,19-25H2,(H,36,40)(H,37,39). The third-order valence-electron chi connectivity index (χ3n) is 7.35. The van der Waals surface area contributed by atoms with Crippen molar-refractivity contribution in [2.24, 2.45) is 11.8 Å². The predicted molar refractivity (Wildman–Crippen MR) is 164 cm³/mol. The van der Waals surface area contributed by atoms with Crippen LogP contribution in [0.25, 0.3) is 0 Å². The molecule has 3 aromatic carbocycles. The van der Waals surface area contributed by atoms with Gasteiger partial charge in [0.1, 0.15) is 19.0 Å². The van der Waals surface area contributed by atoms with Crippen molar-refractivity contribution in [3.8, 4) is 5.75 Å². The van der Waals surface area contributed by atoms with Crippen molar-refractivity contribution in [2.75, 3.05) is 19.8 Å². The molecule has 3 unspecified atom stereocenters. The van der Waals surface area contributed by atoms with Crippen LogP contribution in [0.4, 0.5) is 0 Å². The highest BCUT2D eigenvalue weighted by molar-refractivity contribution is 5.86. The first-order valence-corrected chi connectivity index (χ1v) is 14.8. The van der Waals surface area contributed by atoms with Crippen LogP contribution < -0.4 is 15.4 Å². The number of hydrogen-bond donors (Lipinski definition) is 3. The molecule has 0 bridgehead atoms. The molecular weight excluding hydrogens is 544 g/mol. The second-order valence-electron chi connectivity index (χ2n) is 10.8. The monoisotopic (exact) mass is 584 g/mol. The molecule has 0 saturated heterocycles. The first kappa shape index (κ1) is 31.5. The zero-order valence-corrected chi connectivity index (χ0v) is 24.3. The summed E-state index contributed by atoms with van der Waals surface area (Å²) < 4.78 is 11.3. The summed E-state index contributed by atoms with van der Waals surface area (Å²) in [5.74, 6) is -1.05. The molecule has 4 rings (SSSR count). The van der Waals surface area contributed by atoms with E-state index in [4.69, 9.17) is 9.47 Å². The van der Waals surface area contributed by atoms with Crippen molar-refractivity contribution < 1.29 is 29.0 Å². The molecule has 1 aliphatic heterocycles. The van der Waals surface area contributed by atoms with Gasteiger partial charge < -0.3 is 25.2 Å². The van der Waals surface area contributed by atoms with E-state index in [0.29, 0.717) is 32.3 Å². The minimum Gasteiger partial charge on any atom is -0.489 e. The van der Waals surface area contributed by atoms with Crippen molar-refractivity contribution in [2.45, 2.75) is 44.8 Å². The van der Waals surface area contributed by atoms with Crippen molar-refractivity contribution in [1.82, 2.24) is 10.6 Å². The lowest BCUT2D eigenvalue weighted by Gasteiger charge is -2.20. The van der Waals surface area contributed by atoms with Crippen LogP contribution >= 0.6 is 0 Å². The Morgan fingerprint density at radius 3 is 2.21 bits per heavy atom. The lowest BCUT2D eigenvalue weighted by atomic mass is 9.94. The number of allylic oxidation sites excluding steroid dienone is 2. The van der Waals surface area contributed by atoms with Gasteiger partial charge in [0.15, 0.2) is 0 Å². The van der Waals surface area contributed by atoms with Gasteiger partial charge >= 0.3 is 5.97 Å². The van der Waals surface area contributed by atoms with Crippen LogP contribution in [-0.4, -0.2) is 48.7 Å². The van der Waals surface area contributed by atoms with Gasteiger partial charge in [0.25, 0.3) is 0 Å². The topological polar surface area (TPSA) is 114 Å². The zero-order chi connectivity index (χ0) is 30.3. The highest BCUT2D eigenvalue weighted by Crippen LogP contribution is 2.19. The molecule has 226 valence electrons. The molecule has 0 aromatic heterocycles. The van der Waals surface area contributed by atoms with E-state index in [-0.39, 0.29) is 49.9 Å². The third kappa shape index (κ3) is 10.7. The summed E-state index contributed by atoms with van der Waals surface area (Å²) in [7, 11) is 0. The Hall–Kier alpha value is -4.43. The first-order chi connectivity index (χ1) is 21.0. The number of carbonyl (C=O) groups excluding carboxylic acids is 3. The van der Waals surface area contributed by atoms with E-state index >= 15 is 0 Å². The fourth-order valence-electron chi connectivity index (χ4n) is 4.97. The number of amides is 2. The maximum atomic E-state index is 12.9. The molecule has 8 heteroatoms. The number of rotatable bonds is 11. The smallest absolute Gasteiger partial charge is 0.309 e. The molecule has 1 aliphatic rings. The minimum absolute atomic E-state index is 0.0217. The number of nitrogens with one attached hydrogen (secondary N) is 2. The summed E-state index contributed by atoms with van der Waals surface area (Å²) in [5, 5.41) is 15.6. The van der Waals surface area contributed by atoms with Crippen LogP contribution in [0.2, 0.25) is 0 Å². The van der Waals surface area contributed by atoms with Crippen LogP contribution in [0.3, 0.4) is 0 Å². The average Bonchev–Trinajstić information content (AvgIpc) is 3.03. The Bertz CT molecular complexity index is 1330. The average molecular weight is 585 g/mol. The van der Waals surface area contributed by atoms with Gasteiger partial charge in [-0.05, 0) is 54.5 Å². The molecule has 43 heavy (non-hydrogen) atoms. The Morgan fingerprint density at radius 2 is 1.53 bits per heavy atom. The van der Waals surface area contributed by atoms with Gasteiger partial charge in [0.2, 0.25) is 11.8 Å². The number of aliphatic hydroxyl groups excluding tert-OH is 1. The van der Waals surface area contributed by atoms with Crippen LogP contribution in [-0.2, 0) is 38.6 Å². The molecule has 3 atom stereocenters. The number of aliphatic hydroxyl groups is 1. The van der Waals surface area contributed by atoms with Gasteiger partial charge in [-0.2, -0.15) is 0 Å². The minimum atomic E-state index is -0.584. The highest BCUT2D eigenvalue weighted by Gasteiger charge is 2.24. The fraction of sp³-hybridized carbons (Fsp3) is 0.343. The number of benzene rings is 3. The summed E-state index contributed by atoms with van der Waals surface area (Å²) in [4.78, 5) is 38.4. The van der Waals surface area contributed by atoms with E-state index in [2.05, 4.69) is 10.6 Å². The Balaban J connectivity index is 1.28. The third-order valence-corrected chi connectivity index (χ3v) is 7.35. The number of ether oxygens (including phenoxy) is 2. The van der Waals surface area contributed by atoms with Crippen molar-refractivity contribution in [1.29, 1.82) is 0 Å². The maximum absolute atomic E-state index is 12.9. The van der Waals surface area contributed by atoms with E-state index < -0.39 is 12.0 Å². The lowest BCUT2D eigenvalue weighted by Crippen LogP contribution is -2.42. The van der Waals surface area contributed by atoms with Gasteiger partial charge in [-0.3, -0.25) is 14.4 Å². The molecular formula is C35H40N2O6. The number of cyclic esters (lactones) is 1. The van der Waals surface area contributed by atoms with Gasteiger partial charge in [-0.15, -0.1) is 0 Å². The molecule has 8 nitrogen and oxygen atoms in total. The molecule has 3 aromatic rings. The van der Waals surface area contributed by atoms with Gasteiger partial charge in [0.05, 0.1) is 31.0 Å². The first-order valence-electron chi connectivity index (χ1n) is 14.8. The Kier molecular flexibility index (Phi) is 12.4. The van der Waals surface area contributed by atoms with Crippen molar-refractivity contribution >= 4 is 17.8 Å². The molecule has 3 N–H and O–H groups in total. The molecule has 1 heterocycles. The van der Waals surface area contributed by atoms with Crippen LogP contribution in [0.15, 0.2) is 97.1 Å². The SMILES string of the molecule is O=C(CC1CC=CCC(Cc2ccccc2)C(=O)OCCNC1=O)NC(CO)Cc1ccc(OCc2ccccc2)cc1. The van der Waals surface area contributed by atoms with Gasteiger partial charge in [0, 0.05) is 6.42 Å². The Labute approximate surface area is 253 Å². The van der Waals surface area contributed by atoms with E-state index in [1.165, 1.54) is 0 Å². The summed E-state index contributed by atoms with van der Waals surface area (Å²) in [6.45, 7) is 0.484. The fourth-order valence-corrected chi connectivity index (χ4v) is 4.97. The summed E-state index contributed by atoms with van der Waals surface area (Å²) in [5.41, 5.74) is 3.08. The van der Waals surface area contributed by atoms with E-state index in [1.54, 1.807) is 0 Å². The van der Waals surface area contributed by atoms with Crippen LogP contribution in [0.5, 0.6) is 5.75 Å². The van der Waals surface area contributed by atoms with E-state index in [9.17, 15) is 19.5 Å². The number of esters is 1. The molecule has 0 aliphatic carbocycles. The molecule has 0 radical (unpaired) electrons. The summed E-state index contributed by atoms with van der Waals surface area (Å²) >= 11 is 0. The maximum Gasteiger partial charge on any atom is 0.309 e. The lowest BCUT2D eigenvalue weighted by molar-refractivity contribution is -0.148. The molecule has 2 amide bonds. The largest absolute Gasteiger partial charge is 0.489 e. The van der Waals surface area contributed by atoms with Crippen molar-refractivity contribution in [3.63, 3.8) is 0 Å². The summed E-state index contributed by atoms with van der Waals surface area (Å²) in [6.07, 6.45) is 5.57. The Morgan fingerprint density at radius 1 is 0.884 bits per heavy atom. The second-order valence-corrected chi connectivity index (χ2v) is 10.8. The quantitative estimate of drug-likeness (QED) is 0.230. The molecule has 0 saturated carbocycles. The van der Waals surface area contributed by atoms with Crippen molar-refractivity contribution in [3.05, 3.63) is 114 Å². The van der Waals surface area contributed by atoms with Gasteiger partial charge in [-0.1, -0.05) is 84.9 Å². The van der Waals surface area contributed by atoms with E-state index in [0.717, 1.165) is 22.4 Å². The van der Waals surface area contributed by atoms with Gasteiger partial charge in [-0.25, -0.2) is 0 Å². The predicted octanol–water partition coefficient (Wildman–Crippen LogP) is 4.16. The number of hydrogen-bond acceptors (Lipinski definition) is 6. The highest BCUT2D eigenvalue weighted by atomic mass is 16.5.